The molecule has 22 heavy (non-hydrogen) atoms. The van der Waals surface area contributed by atoms with Gasteiger partial charge in [-0.3, -0.25) is 4.79 Å². The maximum Gasteiger partial charge on any atom is 0.195 e. The van der Waals surface area contributed by atoms with Crippen LogP contribution in [-0.2, 0) is 0 Å². The highest BCUT2D eigenvalue weighted by Crippen LogP contribution is 2.29. The maximum atomic E-state index is 11.1. The molecule has 1 fully saturated rings. The minimum atomic E-state index is 0.290. The molecule has 5 nitrogen and oxygen atoms in total. The molecule has 2 heterocycles. The molecular weight excluding hydrogens is 280 g/mol. The van der Waals surface area contributed by atoms with E-state index in [4.69, 9.17) is 9.26 Å². The number of carbonyl (C=O) groups excluding carboxylic acids is 1. The summed E-state index contributed by atoms with van der Waals surface area (Å²) in [5, 5.41) is 3.83. The summed E-state index contributed by atoms with van der Waals surface area (Å²) < 4.78 is 11.3. The molecule has 0 amide bonds. The van der Waals surface area contributed by atoms with Crippen molar-refractivity contribution in [3.63, 3.8) is 0 Å². The van der Waals surface area contributed by atoms with Crippen LogP contribution in [0, 0.1) is 13.8 Å². The van der Waals surface area contributed by atoms with Crippen LogP contribution in [0.3, 0.4) is 0 Å². The van der Waals surface area contributed by atoms with Crippen molar-refractivity contribution in [2.75, 3.05) is 0 Å². The lowest BCUT2D eigenvalue weighted by atomic mass is 9.98. The molecule has 3 rings (SSSR count). The molecule has 116 valence electrons. The minimum Gasteiger partial charge on any atom is -0.489 e. The van der Waals surface area contributed by atoms with Crippen molar-refractivity contribution < 1.29 is 14.1 Å². The quantitative estimate of drug-likeness (QED) is 0.802. The lowest BCUT2D eigenvalue weighted by molar-refractivity contribution is 0.112. The van der Waals surface area contributed by atoms with Crippen molar-refractivity contribution in [3.8, 4) is 17.2 Å². The van der Waals surface area contributed by atoms with Crippen molar-refractivity contribution in [2.24, 2.45) is 0 Å². The number of rotatable bonds is 4. The van der Waals surface area contributed by atoms with Gasteiger partial charge in [0, 0.05) is 0 Å². The van der Waals surface area contributed by atoms with E-state index in [2.05, 4.69) is 10.1 Å². The zero-order valence-electron chi connectivity index (χ0n) is 13.0. The van der Waals surface area contributed by atoms with Gasteiger partial charge in [0.25, 0.3) is 0 Å². The second kappa shape index (κ2) is 6.30. The van der Waals surface area contributed by atoms with Crippen molar-refractivity contribution in [2.45, 2.75) is 52.1 Å². The Morgan fingerprint density at radius 1 is 1.18 bits per heavy atom. The normalized spacial score (nSPS) is 15.7. The Labute approximate surface area is 129 Å². The SMILES string of the molecule is Cc1nc(-c2onc(C)c2C=O)ccc1OC1CCCCC1. The monoisotopic (exact) mass is 300 g/mol. The van der Waals surface area contributed by atoms with Gasteiger partial charge in [0.2, 0.25) is 0 Å². The molecule has 5 heteroatoms. The molecule has 0 bridgehead atoms. The molecule has 1 saturated carbocycles. The van der Waals surface area contributed by atoms with Crippen LogP contribution in [0.5, 0.6) is 5.75 Å². The molecule has 0 N–H and O–H groups in total. The van der Waals surface area contributed by atoms with Crippen molar-refractivity contribution in [3.05, 3.63) is 29.1 Å². The zero-order chi connectivity index (χ0) is 15.5. The second-order valence-electron chi connectivity index (χ2n) is 5.79. The van der Waals surface area contributed by atoms with E-state index in [0.29, 0.717) is 22.7 Å². The van der Waals surface area contributed by atoms with E-state index in [9.17, 15) is 4.79 Å². The molecule has 0 saturated heterocycles. The third-order valence-electron chi connectivity index (χ3n) is 4.14. The molecule has 1 aliphatic carbocycles. The van der Waals surface area contributed by atoms with Gasteiger partial charge in [0.05, 0.1) is 23.1 Å². The van der Waals surface area contributed by atoms with Gasteiger partial charge in [-0.05, 0) is 51.7 Å². The van der Waals surface area contributed by atoms with Crippen LogP contribution >= 0.6 is 0 Å². The van der Waals surface area contributed by atoms with Gasteiger partial charge in [0.15, 0.2) is 12.0 Å². The first-order valence-corrected chi connectivity index (χ1v) is 7.75. The number of ether oxygens (including phenoxy) is 1. The smallest absolute Gasteiger partial charge is 0.195 e. The van der Waals surface area contributed by atoms with Gasteiger partial charge in [-0.1, -0.05) is 11.6 Å². The van der Waals surface area contributed by atoms with Crippen molar-refractivity contribution in [1.82, 2.24) is 10.1 Å². The summed E-state index contributed by atoms with van der Waals surface area (Å²) in [6, 6.07) is 3.72. The van der Waals surface area contributed by atoms with E-state index < -0.39 is 0 Å². The fourth-order valence-electron chi connectivity index (χ4n) is 2.86. The predicted octanol–water partition coefficient (Wildman–Crippen LogP) is 3.88. The third kappa shape index (κ3) is 2.89. The number of hydrogen-bond acceptors (Lipinski definition) is 5. The number of carbonyl (C=O) groups is 1. The van der Waals surface area contributed by atoms with E-state index in [1.54, 1.807) is 6.92 Å². The number of aldehydes is 1. The average Bonchev–Trinajstić information content (AvgIpc) is 2.91. The van der Waals surface area contributed by atoms with Crippen molar-refractivity contribution in [1.29, 1.82) is 0 Å². The van der Waals surface area contributed by atoms with Gasteiger partial charge < -0.3 is 9.26 Å². The van der Waals surface area contributed by atoms with Crippen molar-refractivity contribution >= 4 is 6.29 Å². The van der Waals surface area contributed by atoms with Crippen LogP contribution < -0.4 is 4.74 Å². The fourth-order valence-corrected chi connectivity index (χ4v) is 2.86. The Hall–Kier alpha value is -2.17. The van der Waals surface area contributed by atoms with Crippen LogP contribution in [-0.4, -0.2) is 22.5 Å². The van der Waals surface area contributed by atoms with Crippen LogP contribution in [0.4, 0.5) is 0 Å². The lowest BCUT2D eigenvalue weighted by Crippen LogP contribution is -2.20. The van der Waals surface area contributed by atoms with Gasteiger partial charge in [0.1, 0.15) is 11.4 Å². The van der Waals surface area contributed by atoms with Crippen LogP contribution in [0.1, 0.15) is 53.8 Å². The summed E-state index contributed by atoms with van der Waals surface area (Å²) in [5.41, 5.74) is 2.44. The Bertz CT molecular complexity index is 673. The molecule has 1 aliphatic rings. The second-order valence-corrected chi connectivity index (χ2v) is 5.79. The summed E-state index contributed by atoms with van der Waals surface area (Å²) in [6.45, 7) is 3.65. The molecule has 0 aromatic carbocycles. The predicted molar refractivity (Wildman–Crippen MR) is 82.1 cm³/mol. The Morgan fingerprint density at radius 2 is 1.95 bits per heavy atom. The molecular formula is C17H20N2O3. The first-order chi connectivity index (χ1) is 10.7. The lowest BCUT2D eigenvalue weighted by Gasteiger charge is -2.23. The number of hydrogen-bond donors (Lipinski definition) is 0. The Balaban J connectivity index is 1.83. The van der Waals surface area contributed by atoms with Crippen LogP contribution in [0.25, 0.3) is 11.5 Å². The first kappa shape index (κ1) is 14.8. The Morgan fingerprint density at radius 3 is 2.64 bits per heavy atom. The first-order valence-electron chi connectivity index (χ1n) is 7.75. The summed E-state index contributed by atoms with van der Waals surface area (Å²) in [7, 11) is 0. The van der Waals surface area contributed by atoms with Crippen LogP contribution in [0.2, 0.25) is 0 Å². The molecule has 0 atom stereocenters. The Kier molecular flexibility index (Phi) is 4.22. The minimum absolute atomic E-state index is 0.290. The number of nitrogens with zero attached hydrogens (tertiary/aromatic N) is 2. The summed E-state index contributed by atoms with van der Waals surface area (Å²) in [4.78, 5) is 15.7. The highest BCUT2D eigenvalue weighted by molar-refractivity contribution is 5.85. The molecule has 0 spiro atoms. The highest BCUT2D eigenvalue weighted by Gasteiger charge is 2.19. The standard InChI is InChI=1S/C17H20N2O3/c1-11-14(10-20)17(22-19-11)15-8-9-16(12(2)18-15)21-13-6-4-3-5-7-13/h8-10,13H,3-7H2,1-2H3. The molecule has 0 unspecified atom stereocenters. The number of pyridine rings is 1. The van der Waals surface area contributed by atoms with Crippen LogP contribution in [0.15, 0.2) is 16.7 Å². The van der Waals surface area contributed by atoms with Gasteiger partial charge in [-0.15, -0.1) is 0 Å². The van der Waals surface area contributed by atoms with E-state index in [1.165, 1.54) is 19.3 Å². The topological polar surface area (TPSA) is 65.2 Å². The average molecular weight is 300 g/mol. The van der Waals surface area contributed by atoms with E-state index in [1.807, 2.05) is 19.1 Å². The van der Waals surface area contributed by atoms with E-state index >= 15 is 0 Å². The van der Waals surface area contributed by atoms with E-state index in [-0.39, 0.29) is 6.10 Å². The third-order valence-corrected chi connectivity index (χ3v) is 4.14. The summed E-state index contributed by atoms with van der Waals surface area (Å²) in [5.74, 6) is 1.22. The zero-order valence-corrected chi connectivity index (χ0v) is 13.0. The number of aryl methyl sites for hydroxylation is 2. The van der Waals surface area contributed by atoms with E-state index in [0.717, 1.165) is 30.6 Å². The highest BCUT2D eigenvalue weighted by atomic mass is 16.5. The maximum absolute atomic E-state index is 11.1. The van der Waals surface area contributed by atoms with Gasteiger partial charge in [-0.2, -0.15) is 0 Å². The number of aromatic nitrogens is 2. The molecule has 0 radical (unpaired) electrons. The summed E-state index contributed by atoms with van der Waals surface area (Å²) >= 11 is 0. The van der Waals surface area contributed by atoms with Gasteiger partial charge >= 0.3 is 0 Å². The molecule has 2 aromatic rings. The molecule has 0 aliphatic heterocycles. The molecule has 2 aromatic heterocycles. The largest absolute Gasteiger partial charge is 0.489 e. The summed E-state index contributed by atoms with van der Waals surface area (Å²) in [6.07, 6.45) is 7.03. The fraction of sp³-hybridized carbons (Fsp3) is 0.471. The van der Waals surface area contributed by atoms with Gasteiger partial charge in [-0.25, -0.2) is 4.98 Å².